The molecule has 0 aliphatic heterocycles. The second-order valence-electron chi connectivity index (χ2n) is 4.36. The van der Waals surface area contributed by atoms with Crippen molar-refractivity contribution in [1.82, 2.24) is 0 Å². The van der Waals surface area contributed by atoms with Crippen molar-refractivity contribution in [1.29, 1.82) is 0 Å². The molecular weight excluding hydrogens is 148 g/mol. The molecule has 0 aromatic heterocycles. The van der Waals surface area contributed by atoms with Crippen molar-refractivity contribution in [3.05, 3.63) is 12.2 Å². The Morgan fingerprint density at radius 1 is 1.50 bits per heavy atom. The Kier molecular flexibility index (Phi) is 1.82. The van der Waals surface area contributed by atoms with Crippen LogP contribution in [0.1, 0.15) is 39.0 Å². The molecule has 0 saturated heterocycles. The van der Waals surface area contributed by atoms with Crippen LogP contribution in [0.3, 0.4) is 0 Å². The molecule has 0 N–H and O–H groups in total. The van der Waals surface area contributed by atoms with Gasteiger partial charge in [-0.05, 0) is 30.3 Å². The van der Waals surface area contributed by atoms with Crippen LogP contribution in [-0.4, -0.2) is 5.78 Å². The van der Waals surface area contributed by atoms with Gasteiger partial charge < -0.3 is 0 Å². The van der Waals surface area contributed by atoms with Crippen LogP contribution in [0.25, 0.3) is 0 Å². The molecule has 2 aliphatic rings. The van der Waals surface area contributed by atoms with Crippen LogP contribution in [0, 0.1) is 11.3 Å². The predicted molar refractivity (Wildman–Crippen MR) is 48.8 cm³/mol. The fourth-order valence-electron chi connectivity index (χ4n) is 2.65. The standard InChI is InChI=1S/C11H16O/c1-9-4-2-3-6-11(9)7-5-10(12)8-11/h5,7,9H,2-4,6,8H2,1H3/t9-,11+/m0/s1. The molecule has 2 aliphatic carbocycles. The van der Waals surface area contributed by atoms with Gasteiger partial charge in [-0.15, -0.1) is 0 Å². The third kappa shape index (κ3) is 1.12. The van der Waals surface area contributed by atoms with Gasteiger partial charge in [0.1, 0.15) is 0 Å². The van der Waals surface area contributed by atoms with Gasteiger partial charge in [-0.25, -0.2) is 0 Å². The smallest absolute Gasteiger partial charge is 0.156 e. The molecule has 0 amide bonds. The number of hydrogen-bond donors (Lipinski definition) is 0. The highest BCUT2D eigenvalue weighted by atomic mass is 16.1. The zero-order valence-electron chi connectivity index (χ0n) is 7.68. The lowest BCUT2D eigenvalue weighted by Crippen LogP contribution is -2.29. The van der Waals surface area contributed by atoms with E-state index in [-0.39, 0.29) is 5.41 Å². The van der Waals surface area contributed by atoms with E-state index in [1.54, 1.807) is 6.08 Å². The van der Waals surface area contributed by atoms with E-state index in [1.165, 1.54) is 25.7 Å². The van der Waals surface area contributed by atoms with E-state index in [9.17, 15) is 4.79 Å². The molecule has 66 valence electrons. The van der Waals surface area contributed by atoms with E-state index >= 15 is 0 Å². The first-order chi connectivity index (χ1) is 5.73. The van der Waals surface area contributed by atoms with E-state index in [2.05, 4.69) is 13.0 Å². The predicted octanol–water partition coefficient (Wildman–Crippen LogP) is 2.71. The maximum Gasteiger partial charge on any atom is 0.156 e. The van der Waals surface area contributed by atoms with E-state index in [1.807, 2.05) is 0 Å². The quantitative estimate of drug-likeness (QED) is 0.538. The zero-order valence-corrected chi connectivity index (χ0v) is 7.68. The van der Waals surface area contributed by atoms with Gasteiger partial charge >= 0.3 is 0 Å². The highest BCUT2D eigenvalue weighted by molar-refractivity contribution is 5.93. The Morgan fingerprint density at radius 2 is 2.33 bits per heavy atom. The van der Waals surface area contributed by atoms with E-state index in [0.717, 1.165) is 6.42 Å². The number of ketones is 1. The first-order valence-electron chi connectivity index (χ1n) is 4.95. The van der Waals surface area contributed by atoms with Crippen molar-refractivity contribution in [2.45, 2.75) is 39.0 Å². The molecule has 1 heteroatoms. The van der Waals surface area contributed by atoms with E-state index in [4.69, 9.17) is 0 Å². The lowest BCUT2D eigenvalue weighted by Gasteiger charge is -2.37. The second-order valence-corrected chi connectivity index (χ2v) is 4.36. The summed E-state index contributed by atoms with van der Waals surface area (Å²) in [6, 6.07) is 0. The van der Waals surface area contributed by atoms with Crippen LogP contribution in [0.5, 0.6) is 0 Å². The summed E-state index contributed by atoms with van der Waals surface area (Å²) in [6.07, 6.45) is 9.95. The summed E-state index contributed by atoms with van der Waals surface area (Å²) in [5.41, 5.74) is 0.273. The van der Waals surface area contributed by atoms with Crippen LogP contribution in [0.2, 0.25) is 0 Å². The number of carbonyl (C=O) groups is 1. The first-order valence-corrected chi connectivity index (χ1v) is 4.95. The summed E-state index contributed by atoms with van der Waals surface area (Å²) < 4.78 is 0. The summed E-state index contributed by atoms with van der Waals surface area (Å²) >= 11 is 0. The Bertz CT molecular complexity index is 229. The topological polar surface area (TPSA) is 17.1 Å². The summed E-state index contributed by atoms with van der Waals surface area (Å²) in [4.78, 5) is 11.2. The largest absolute Gasteiger partial charge is 0.295 e. The number of rotatable bonds is 0. The molecule has 1 saturated carbocycles. The third-order valence-corrected chi connectivity index (χ3v) is 3.62. The van der Waals surface area contributed by atoms with Gasteiger partial charge in [0.15, 0.2) is 5.78 Å². The Hall–Kier alpha value is -0.590. The van der Waals surface area contributed by atoms with E-state index in [0.29, 0.717) is 11.7 Å². The molecule has 0 aromatic rings. The van der Waals surface area contributed by atoms with Gasteiger partial charge in [-0.3, -0.25) is 4.79 Å². The monoisotopic (exact) mass is 164 g/mol. The van der Waals surface area contributed by atoms with Crippen LogP contribution < -0.4 is 0 Å². The normalized spacial score (nSPS) is 41.1. The SMILES string of the molecule is C[C@H]1CCCC[C@]12C=CC(=O)C2. The summed E-state index contributed by atoms with van der Waals surface area (Å²) in [7, 11) is 0. The fourth-order valence-corrected chi connectivity index (χ4v) is 2.65. The summed E-state index contributed by atoms with van der Waals surface area (Å²) in [5.74, 6) is 1.05. The zero-order chi connectivity index (χ0) is 8.60. The van der Waals surface area contributed by atoms with Crippen LogP contribution in [0.4, 0.5) is 0 Å². The average Bonchev–Trinajstić information content (AvgIpc) is 2.41. The molecule has 12 heavy (non-hydrogen) atoms. The van der Waals surface area contributed by atoms with Crippen molar-refractivity contribution in [3.8, 4) is 0 Å². The van der Waals surface area contributed by atoms with Crippen LogP contribution in [-0.2, 0) is 4.79 Å². The molecule has 0 bridgehead atoms. The van der Waals surface area contributed by atoms with Crippen molar-refractivity contribution in [2.24, 2.45) is 11.3 Å². The van der Waals surface area contributed by atoms with Gasteiger partial charge in [0.25, 0.3) is 0 Å². The number of hydrogen-bond acceptors (Lipinski definition) is 1. The summed E-state index contributed by atoms with van der Waals surface area (Å²) in [6.45, 7) is 2.29. The van der Waals surface area contributed by atoms with Gasteiger partial charge in [-0.2, -0.15) is 0 Å². The summed E-state index contributed by atoms with van der Waals surface area (Å²) in [5, 5.41) is 0. The average molecular weight is 164 g/mol. The van der Waals surface area contributed by atoms with Crippen molar-refractivity contribution < 1.29 is 4.79 Å². The molecule has 2 atom stereocenters. The van der Waals surface area contributed by atoms with E-state index < -0.39 is 0 Å². The minimum atomic E-state index is 0.273. The van der Waals surface area contributed by atoms with Crippen molar-refractivity contribution in [3.63, 3.8) is 0 Å². The second kappa shape index (κ2) is 2.72. The van der Waals surface area contributed by atoms with Gasteiger partial charge in [0.2, 0.25) is 0 Å². The van der Waals surface area contributed by atoms with Crippen molar-refractivity contribution in [2.75, 3.05) is 0 Å². The molecule has 2 rings (SSSR count). The van der Waals surface area contributed by atoms with Crippen molar-refractivity contribution >= 4 is 5.78 Å². The first kappa shape index (κ1) is 8.03. The molecule has 0 heterocycles. The Labute approximate surface area is 73.8 Å². The Balaban J connectivity index is 2.19. The van der Waals surface area contributed by atoms with Crippen LogP contribution >= 0.6 is 0 Å². The highest BCUT2D eigenvalue weighted by Crippen LogP contribution is 2.47. The molecule has 1 nitrogen and oxygen atoms in total. The fraction of sp³-hybridized carbons (Fsp3) is 0.727. The third-order valence-electron chi connectivity index (χ3n) is 3.62. The molecule has 0 unspecified atom stereocenters. The van der Waals surface area contributed by atoms with Gasteiger partial charge in [-0.1, -0.05) is 25.8 Å². The van der Waals surface area contributed by atoms with Gasteiger partial charge in [0, 0.05) is 6.42 Å². The Morgan fingerprint density at radius 3 is 2.92 bits per heavy atom. The maximum atomic E-state index is 11.2. The number of carbonyl (C=O) groups excluding carboxylic acids is 1. The molecule has 0 aromatic carbocycles. The highest BCUT2D eigenvalue weighted by Gasteiger charge is 2.39. The molecule has 1 spiro atoms. The maximum absolute atomic E-state index is 11.2. The lowest BCUT2D eigenvalue weighted by molar-refractivity contribution is -0.116. The minimum absolute atomic E-state index is 0.273. The molecule has 1 fully saturated rings. The number of allylic oxidation sites excluding steroid dienone is 2. The molecule has 0 radical (unpaired) electrons. The molecular formula is C11H16O. The van der Waals surface area contributed by atoms with Gasteiger partial charge in [0.05, 0.1) is 0 Å². The lowest BCUT2D eigenvalue weighted by atomic mass is 9.67. The minimum Gasteiger partial charge on any atom is -0.295 e. The van der Waals surface area contributed by atoms with Crippen LogP contribution in [0.15, 0.2) is 12.2 Å².